The molecule has 0 bridgehead atoms. The molecular weight excluding hydrogens is 238 g/mol. The molecule has 92 valence electrons. The Balaban J connectivity index is 2.30. The average Bonchev–Trinajstić information content (AvgIpc) is 2.90. The maximum Gasteiger partial charge on any atom is 0.296 e. The minimum atomic E-state index is 0.292. The highest BCUT2D eigenvalue weighted by Gasteiger charge is 2.16. The first-order valence-corrected chi connectivity index (χ1v) is 5.90. The molecule has 19 heavy (non-hydrogen) atoms. The van der Waals surface area contributed by atoms with Gasteiger partial charge in [0.25, 0.3) is 6.01 Å². The highest BCUT2D eigenvalue weighted by atomic mass is 16.4. The predicted octanol–water partition coefficient (Wildman–Crippen LogP) is 3.41. The molecule has 0 radical (unpaired) electrons. The van der Waals surface area contributed by atoms with E-state index in [1.807, 2.05) is 42.5 Å². The number of oxazole rings is 1. The molecule has 0 aliphatic rings. The van der Waals surface area contributed by atoms with Crippen molar-refractivity contribution < 1.29 is 4.42 Å². The van der Waals surface area contributed by atoms with E-state index in [0.717, 1.165) is 16.3 Å². The Morgan fingerprint density at radius 3 is 2.74 bits per heavy atom. The third kappa shape index (κ3) is 1.81. The molecule has 3 aromatic rings. The average molecular weight is 249 g/mol. The molecule has 0 unspecified atom stereocenters. The second-order valence-electron chi connectivity index (χ2n) is 4.09. The molecule has 1 aromatic heterocycles. The van der Waals surface area contributed by atoms with Crippen molar-refractivity contribution in [2.24, 2.45) is 0 Å². The van der Waals surface area contributed by atoms with Crippen LogP contribution >= 0.6 is 0 Å². The van der Waals surface area contributed by atoms with E-state index in [2.05, 4.69) is 16.4 Å². The van der Waals surface area contributed by atoms with Crippen molar-refractivity contribution in [3.8, 4) is 17.4 Å². The molecule has 0 aliphatic carbocycles. The molecule has 1 heterocycles. The van der Waals surface area contributed by atoms with E-state index >= 15 is 0 Å². The molecule has 0 atom stereocenters. The number of aromatic nitrogens is 1. The molecule has 0 fully saturated rings. The molecule has 2 aromatic carbocycles. The van der Waals surface area contributed by atoms with Gasteiger partial charge in [0.2, 0.25) is 0 Å². The zero-order chi connectivity index (χ0) is 13.2. The lowest BCUT2D eigenvalue weighted by Gasteiger charge is -2.03. The highest BCUT2D eigenvalue weighted by Crippen LogP contribution is 2.32. The van der Waals surface area contributed by atoms with Crippen LogP contribution in [0.1, 0.15) is 5.69 Å². The first kappa shape index (κ1) is 11.3. The summed E-state index contributed by atoms with van der Waals surface area (Å²) in [4.78, 5) is 4.09. The number of anilines is 1. The van der Waals surface area contributed by atoms with Gasteiger partial charge in [0.15, 0.2) is 11.5 Å². The Morgan fingerprint density at radius 2 is 1.95 bits per heavy atom. The van der Waals surface area contributed by atoms with Crippen molar-refractivity contribution in [3.05, 3.63) is 48.2 Å². The monoisotopic (exact) mass is 249 g/mol. The van der Waals surface area contributed by atoms with Gasteiger partial charge in [-0.25, -0.2) is 0 Å². The number of hydrogen-bond donors (Lipinski definition) is 1. The smallest absolute Gasteiger partial charge is 0.296 e. The summed E-state index contributed by atoms with van der Waals surface area (Å²) in [5.74, 6) is 0.503. The predicted molar refractivity (Wildman–Crippen MR) is 73.7 cm³/mol. The first-order chi connectivity index (χ1) is 9.33. The summed E-state index contributed by atoms with van der Waals surface area (Å²) in [5, 5.41) is 14.1. The Hall–Kier alpha value is -2.80. The quantitative estimate of drug-likeness (QED) is 0.756. The van der Waals surface area contributed by atoms with Gasteiger partial charge in [-0.05, 0) is 10.8 Å². The topological polar surface area (TPSA) is 61.9 Å². The lowest BCUT2D eigenvalue weighted by Crippen LogP contribution is -1.86. The SMILES string of the molecule is CNc1nc(C#N)c(-c2cccc3ccccc23)o1. The Morgan fingerprint density at radius 1 is 1.16 bits per heavy atom. The lowest BCUT2D eigenvalue weighted by molar-refractivity contribution is 0.590. The van der Waals surface area contributed by atoms with E-state index in [1.54, 1.807) is 7.05 Å². The fraction of sp³-hybridized carbons (Fsp3) is 0.0667. The number of fused-ring (bicyclic) bond motifs is 1. The van der Waals surface area contributed by atoms with Crippen LogP contribution in [0.2, 0.25) is 0 Å². The van der Waals surface area contributed by atoms with Gasteiger partial charge < -0.3 is 9.73 Å². The van der Waals surface area contributed by atoms with E-state index in [1.165, 1.54) is 0 Å². The fourth-order valence-corrected chi connectivity index (χ4v) is 2.11. The van der Waals surface area contributed by atoms with Gasteiger partial charge in [0.05, 0.1) is 0 Å². The van der Waals surface area contributed by atoms with Crippen LogP contribution in [0.5, 0.6) is 0 Å². The van der Waals surface area contributed by atoms with E-state index in [9.17, 15) is 0 Å². The van der Waals surface area contributed by atoms with Crippen LogP contribution in [0.25, 0.3) is 22.1 Å². The first-order valence-electron chi connectivity index (χ1n) is 5.90. The van der Waals surface area contributed by atoms with Gasteiger partial charge in [0.1, 0.15) is 6.07 Å². The van der Waals surface area contributed by atoms with Crippen LogP contribution in [-0.2, 0) is 0 Å². The normalized spacial score (nSPS) is 10.3. The number of rotatable bonds is 2. The maximum atomic E-state index is 9.16. The van der Waals surface area contributed by atoms with E-state index in [-0.39, 0.29) is 0 Å². The van der Waals surface area contributed by atoms with Crippen LogP contribution in [0.15, 0.2) is 46.9 Å². The van der Waals surface area contributed by atoms with Crippen molar-refractivity contribution in [3.63, 3.8) is 0 Å². The third-order valence-electron chi connectivity index (χ3n) is 2.98. The molecule has 4 nitrogen and oxygen atoms in total. The number of hydrogen-bond acceptors (Lipinski definition) is 4. The van der Waals surface area contributed by atoms with Gasteiger partial charge in [-0.1, -0.05) is 42.5 Å². The molecule has 0 saturated carbocycles. The van der Waals surface area contributed by atoms with Crippen molar-refractivity contribution >= 4 is 16.8 Å². The minimum absolute atomic E-state index is 0.292. The van der Waals surface area contributed by atoms with Crippen LogP contribution in [0, 0.1) is 11.3 Å². The number of benzene rings is 2. The van der Waals surface area contributed by atoms with Crippen molar-refractivity contribution in [1.82, 2.24) is 4.98 Å². The summed E-state index contributed by atoms with van der Waals surface area (Å²) in [6, 6.07) is 16.3. The van der Waals surface area contributed by atoms with Crippen LogP contribution in [0.4, 0.5) is 6.01 Å². The van der Waals surface area contributed by atoms with Crippen LogP contribution < -0.4 is 5.32 Å². The van der Waals surface area contributed by atoms with E-state index in [0.29, 0.717) is 17.5 Å². The molecule has 0 saturated heterocycles. The summed E-state index contributed by atoms with van der Waals surface area (Å²) in [5.41, 5.74) is 1.17. The largest absolute Gasteiger partial charge is 0.422 e. The Bertz CT molecular complexity index is 778. The van der Waals surface area contributed by atoms with Gasteiger partial charge in [0, 0.05) is 12.6 Å². The number of nitrogens with one attached hydrogen (secondary N) is 1. The van der Waals surface area contributed by atoms with Crippen molar-refractivity contribution in [2.75, 3.05) is 12.4 Å². The number of nitrogens with zero attached hydrogens (tertiary/aromatic N) is 2. The zero-order valence-corrected chi connectivity index (χ0v) is 10.3. The molecule has 0 amide bonds. The van der Waals surface area contributed by atoms with Gasteiger partial charge in [-0.3, -0.25) is 0 Å². The van der Waals surface area contributed by atoms with Gasteiger partial charge in [-0.15, -0.1) is 0 Å². The third-order valence-corrected chi connectivity index (χ3v) is 2.98. The fourth-order valence-electron chi connectivity index (χ4n) is 2.11. The lowest BCUT2D eigenvalue weighted by atomic mass is 10.0. The zero-order valence-electron chi connectivity index (χ0n) is 10.3. The van der Waals surface area contributed by atoms with Crippen molar-refractivity contribution in [2.45, 2.75) is 0 Å². The minimum Gasteiger partial charge on any atom is -0.422 e. The van der Waals surface area contributed by atoms with Crippen LogP contribution in [0.3, 0.4) is 0 Å². The van der Waals surface area contributed by atoms with E-state index < -0.39 is 0 Å². The summed E-state index contributed by atoms with van der Waals surface area (Å²) >= 11 is 0. The molecule has 3 rings (SSSR count). The summed E-state index contributed by atoms with van der Waals surface area (Å²) in [6.45, 7) is 0. The summed E-state index contributed by atoms with van der Waals surface area (Å²) < 4.78 is 5.60. The summed E-state index contributed by atoms with van der Waals surface area (Å²) in [7, 11) is 1.71. The maximum absolute atomic E-state index is 9.16. The molecule has 4 heteroatoms. The standard InChI is InChI=1S/C15H11N3O/c1-17-15-18-13(9-16)14(19-15)12-8-4-6-10-5-2-3-7-11(10)12/h2-8H,1H3,(H,17,18). The Labute approximate surface area is 110 Å². The van der Waals surface area contributed by atoms with Gasteiger partial charge in [-0.2, -0.15) is 10.2 Å². The molecular formula is C15H11N3O. The highest BCUT2D eigenvalue weighted by molar-refractivity contribution is 5.96. The van der Waals surface area contributed by atoms with E-state index in [4.69, 9.17) is 9.68 Å². The van der Waals surface area contributed by atoms with Crippen LogP contribution in [-0.4, -0.2) is 12.0 Å². The molecule has 1 N–H and O–H groups in total. The van der Waals surface area contributed by atoms with Gasteiger partial charge >= 0.3 is 0 Å². The summed E-state index contributed by atoms with van der Waals surface area (Å²) in [6.07, 6.45) is 0. The second-order valence-corrected chi connectivity index (χ2v) is 4.09. The molecule has 0 spiro atoms. The number of nitriles is 1. The molecule has 0 aliphatic heterocycles. The second kappa shape index (κ2) is 4.46. The van der Waals surface area contributed by atoms with Crippen molar-refractivity contribution in [1.29, 1.82) is 5.26 Å². The Kier molecular flexibility index (Phi) is 2.66.